The van der Waals surface area contributed by atoms with Crippen LogP contribution in [0.15, 0.2) is 127 Å². The minimum absolute atomic E-state index is 0.0170. The van der Waals surface area contributed by atoms with Gasteiger partial charge in [0.25, 0.3) is 0 Å². The lowest BCUT2D eigenvalue weighted by atomic mass is 9.55. The maximum Gasteiger partial charge on any atom is 0.0468 e. The standard InChI is InChI=1S/C43H39N/c1-41(2)37-18-12-10-17-33(37)35-24-21-28-20-22-30(26-36(28)40(35)41)44(29-14-8-7-9-15-29)31-23-25-34-32-16-11-13-19-38(32)42(3,4)43(5,6)39(34)27-31/h7-27H,1-6H3. The van der Waals surface area contributed by atoms with Crippen LogP contribution in [0, 0.1) is 0 Å². The van der Waals surface area contributed by atoms with Gasteiger partial charge in [-0.2, -0.15) is 0 Å². The maximum absolute atomic E-state index is 2.46. The van der Waals surface area contributed by atoms with Crippen LogP contribution in [0.25, 0.3) is 33.0 Å². The first-order chi connectivity index (χ1) is 21.1. The Kier molecular flexibility index (Phi) is 5.63. The van der Waals surface area contributed by atoms with Crippen molar-refractivity contribution in [2.75, 3.05) is 4.90 Å². The molecule has 1 nitrogen and oxygen atoms in total. The smallest absolute Gasteiger partial charge is 0.0468 e. The first-order valence-corrected chi connectivity index (χ1v) is 15.9. The molecule has 0 unspecified atom stereocenters. The molecule has 6 aromatic carbocycles. The molecule has 8 rings (SSSR count). The predicted molar refractivity (Wildman–Crippen MR) is 188 cm³/mol. The van der Waals surface area contributed by atoms with E-state index in [1.54, 1.807) is 0 Å². The van der Waals surface area contributed by atoms with Crippen molar-refractivity contribution in [3.8, 4) is 22.3 Å². The SMILES string of the molecule is CC1(C)c2ccccc2-c2ccc3ccc(N(c4ccccc4)c4ccc5c(c4)C(C)(C)C(C)(C)c4ccccc4-5)cc3c21. The summed E-state index contributed by atoms with van der Waals surface area (Å²) in [6.45, 7) is 14.4. The number of benzene rings is 6. The van der Waals surface area contributed by atoms with Crippen LogP contribution in [0.1, 0.15) is 63.8 Å². The highest BCUT2D eigenvalue weighted by molar-refractivity contribution is 6.00. The third-order valence-electron chi connectivity index (χ3n) is 11.2. The minimum Gasteiger partial charge on any atom is -0.310 e. The largest absolute Gasteiger partial charge is 0.310 e. The van der Waals surface area contributed by atoms with E-state index in [1.807, 2.05) is 0 Å². The molecule has 1 heteroatoms. The first-order valence-electron chi connectivity index (χ1n) is 15.9. The average molecular weight is 570 g/mol. The molecule has 0 heterocycles. The second kappa shape index (κ2) is 9.19. The van der Waals surface area contributed by atoms with E-state index < -0.39 is 0 Å². The summed E-state index contributed by atoms with van der Waals surface area (Å²) >= 11 is 0. The summed E-state index contributed by atoms with van der Waals surface area (Å²) in [5.41, 5.74) is 14.5. The number of hydrogen-bond donors (Lipinski definition) is 0. The monoisotopic (exact) mass is 569 g/mol. The number of hydrogen-bond acceptors (Lipinski definition) is 1. The molecular formula is C43H39N. The van der Waals surface area contributed by atoms with Crippen LogP contribution in [-0.4, -0.2) is 0 Å². The number of rotatable bonds is 3. The van der Waals surface area contributed by atoms with Crippen molar-refractivity contribution in [1.82, 2.24) is 0 Å². The highest BCUT2D eigenvalue weighted by Gasteiger charge is 2.46. The van der Waals surface area contributed by atoms with Crippen LogP contribution >= 0.6 is 0 Å². The Hall–Kier alpha value is -4.62. The van der Waals surface area contributed by atoms with Gasteiger partial charge in [0.1, 0.15) is 0 Å². The molecule has 0 saturated carbocycles. The zero-order valence-corrected chi connectivity index (χ0v) is 26.6. The maximum atomic E-state index is 2.46. The molecule has 0 spiro atoms. The molecule has 0 aliphatic heterocycles. The highest BCUT2D eigenvalue weighted by Crippen LogP contribution is 2.55. The normalized spacial score (nSPS) is 16.5. The lowest BCUT2D eigenvalue weighted by molar-refractivity contribution is 0.299. The molecule has 0 bridgehead atoms. The van der Waals surface area contributed by atoms with E-state index in [0.717, 1.165) is 5.69 Å². The topological polar surface area (TPSA) is 3.24 Å². The van der Waals surface area contributed by atoms with Crippen LogP contribution in [0.4, 0.5) is 17.1 Å². The molecule has 0 fully saturated rings. The second-order valence-corrected chi connectivity index (χ2v) is 14.3. The third kappa shape index (κ3) is 3.59. The van der Waals surface area contributed by atoms with Crippen LogP contribution < -0.4 is 4.90 Å². The van der Waals surface area contributed by atoms with Crippen LogP contribution in [0.3, 0.4) is 0 Å². The zero-order valence-electron chi connectivity index (χ0n) is 26.6. The van der Waals surface area contributed by atoms with Crippen molar-refractivity contribution in [2.45, 2.75) is 57.8 Å². The zero-order chi connectivity index (χ0) is 30.4. The highest BCUT2D eigenvalue weighted by atomic mass is 15.1. The Morgan fingerprint density at radius 1 is 0.409 bits per heavy atom. The van der Waals surface area contributed by atoms with E-state index in [4.69, 9.17) is 0 Å². The summed E-state index contributed by atoms with van der Waals surface area (Å²) < 4.78 is 0. The van der Waals surface area contributed by atoms with Gasteiger partial charge in [-0.05, 0) is 103 Å². The van der Waals surface area contributed by atoms with Crippen molar-refractivity contribution < 1.29 is 0 Å². The fourth-order valence-electron chi connectivity index (χ4n) is 8.13. The minimum atomic E-state index is -0.0730. The van der Waals surface area contributed by atoms with E-state index in [9.17, 15) is 0 Å². The van der Waals surface area contributed by atoms with E-state index in [2.05, 4.69) is 174 Å². The fourth-order valence-corrected chi connectivity index (χ4v) is 8.13. The summed E-state index contributed by atoms with van der Waals surface area (Å²) in [5.74, 6) is 0. The molecule has 0 aromatic heterocycles. The van der Waals surface area contributed by atoms with Gasteiger partial charge < -0.3 is 4.90 Å². The fraction of sp³-hybridized carbons (Fsp3) is 0.209. The number of fused-ring (bicyclic) bond motifs is 8. The molecule has 0 atom stereocenters. The Balaban J connectivity index is 1.36. The van der Waals surface area contributed by atoms with Gasteiger partial charge in [0.2, 0.25) is 0 Å². The van der Waals surface area contributed by atoms with Crippen molar-refractivity contribution in [2.24, 2.45) is 0 Å². The van der Waals surface area contributed by atoms with Gasteiger partial charge in [-0.3, -0.25) is 0 Å². The molecule has 0 N–H and O–H groups in total. The van der Waals surface area contributed by atoms with Gasteiger partial charge in [0.05, 0.1) is 0 Å². The first kappa shape index (κ1) is 27.0. The summed E-state index contributed by atoms with van der Waals surface area (Å²) in [7, 11) is 0. The van der Waals surface area contributed by atoms with Crippen molar-refractivity contribution >= 4 is 27.8 Å². The Morgan fingerprint density at radius 3 is 1.68 bits per heavy atom. The number of anilines is 3. The lowest BCUT2D eigenvalue weighted by Crippen LogP contribution is -2.43. The van der Waals surface area contributed by atoms with E-state index in [0.29, 0.717) is 0 Å². The Labute approximate surface area is 261 Å². The van der Waals surface area contributed by atoms with E-state index in [-0.39, 0.29) is 16.2 Å². The Morgan fingerprint density at radius 2 is 0.932 bits per heavy atom. The molecule has 216 valence electrons. The van der Waals surface area contributed by atoms with Crippen LogP contribution in [-0.2, 0) is 16.2 Å². The molecule has 6 aromatic rings. The third-order valence-corrected chi connectivity index (χ3v) is 11.2. The molecular weight excluding hydrogens is 530 g/mol. The summed E-state index contributed by atoms with van der Waals surface area (Å²) in [6, 6.07) is 47.5. The average Bonchev–Trinajstić information content (AvgIpc) is 3.27. The van der Waals surface area contributed by atoms with Crippen molar-refractivity contribution in [3.05, 3.63) is 150 Å². The quantitative estimate of drug-likeness (QED) is 0.205. The predicted octanol–water partition coefficient (Wildman–Crippen LogP) is 11.9. The molecule has 0 radical (unpaired) electrons. The summed E-state index contributed by atoms with van der Waals surface area (Å²) in [4.78, 5) is 2.44. The Bertz CT molecular complexity index is 2090. The van der Waals surface area contributed by atoms with Crippen LogP contribution in [0.2, 0.25) is 0 Å². The number of para-hydroxylation sites is 1. The van der Waals surface area contributed by atoms with Crippen molar-refractivity contribution in [1.29, 1.82) is 0 Å². The molecule has 2 aliphatic rings. The molecule has 0 saturated heterocycles. The van der Waals surface area contributed by atoms with Crippen molar-refractivity contribution in [3.63, 3.8) is 0 Å². The van der Waals surface area contributed by atoms with Gasteiger partial charge in [0.15, 0.2) is 0 Å². The van der Waals surface area contributed by atoms with Gasteiger partial charge in [-0.1, -0.05) is 133 Å². The molecule has 2 aliphatic carbocycles. The van der Waals surface area contributed by atoms with Gasteiger partial charge >= 0.3 is 0 Å². The number of nitrogens with zero attached hydrogens (tertiary/aromatic N) is 1. The molecule has 44 heavy (non-hydrogen) atoms. The van der Waals surface area contributed by atoms with E-state index in [1.165, 1.54) is 66.7 Å². The van der Waals surface area contributed by atoms with Gasteiger partial charge in [0, 0.05) is 22.5 Å². The van der Waals surface area contributed by atoms with Gasteiger partial charge in [-0.25, -0.2) is 0 Å². The summed E-state index contributed by atoms with van der Waals surface area (Å²) in [5, 5.41) is 2.61. The summed E-state index contributed by atoms with van der Waals surface area (Å²) in [6.07, 6.45) is 0. The lowest BCUT2D eigenvalue weighted by Gasteiger charge is -2.48. The molecule has 0 amide bonds. The van der Waals surface area contributed by atoms with E-state index >= 15 is 0 Å². The van der Waals surface area contributed by atoms with Crippen LogP contribution in [0.5, 0.6) is 0 Å². The second-order valence-electron chi connectivity index (χ2n) is 14.3. The van der Waals surface area contributed by atoms with Gasteiger partial charge in [-0.15, -0.1) is 0 Å².